The fraction of sp³-hybridized carbons (Fsp3) is 0.400. The van der Waals surface area contributed by atoms with Crippen molar-refractivity contribution in [2.45, 2.75) is 25.9 Å². The van der Waals surface area contributed by atoms with Crippen LogP contribution in [0.25, 0.3) is 11.3 Å². The van der Waals surface area contributed by atoms with Crippen LogP contribution in [0.2, 0.25) is 0 Å². The van der Waals surface area contributed by atoms with Gasteiger partial charge in [-0.05, 0) is 42.8 Å². The summed E-state index contributed by atoms with van der Waals surface area (Å²) in [4.78, 5) is 7.19. The van der Waals surface area contributed by atoms with E-state index in [4.69, 9.17) is 0 Å². The average molecular weight is 351 g/mol. The third kappa shape index (κ3) is 2.65. The third-order valence-electron chi connectivity index (χ3n) is 5.79. The largest absolute Gasteiger partial charge is 0.327 e. The van der Waals surface area contributed by atoms with Crippen molar-refractivity contribution in [1.82, 2.24) is 24.2 Å². The van der Waals surface area contributed by atoms with Crippen LogP contribution in [0, 0.1) is 11.2 Å². The first kappa shape index (κ1) is 15.8. The Bertz CT molecular complexity index is 942. The maximum Gasteiger partial charge on any atom is 0.123 e. The Balaban J connectivity index is 1.34. The van der Waals surface area contributed by atoms with Gasteiger partial charge in [-0.3, -0.25) is 9.58 Å². The molecule has 5 nitrogen and oxygen atoms in total. The van der Waals surface area contributed by atoms with Gasteiger partial charge in [0.2, 0.25) is 0 Å². The molecule has 4 heterocycles. The maximum absolute atomic E-state index is 13.2. The van der Waals surface area contributed by atoms with Crippen LogP contribution in [0.3, 0.4) is 0 Å². The second-order valence-corrected chi connectivity index (χ2v) is 7.81. The monoisotopic (exact) mass is 351 g/mol. The summed E-state index contributed by atoms with van der Waals surface area (Å²) >= 11 is 0. The molecule has 0 bridgehead atoms. The van der Waals surface area contributed by atoms with Gasteiger partial charge < -0.3 is 4.57 Å². The molecule has 0 aliphatic carbocycles. The molecule has 1 spiro atoms. The number of rotatable bonds is 3. The van der Waals surface area contributed by atoms with Gasteiger partial charge in [-0.15, -0.1) is 0 Å². The molecule has 0 amide bonds. The smallest absolute Gasteiger partial charge is 0.123 e. The molecule has 2 aliphatic rings. The lowest BCUT2D eigenvalue weighted by atomic mass is 9.86. The van der Waals surface area contributed by atoms with Gasteiger partial charge in [0.15, 0.2) is 0 Å². The normalized spacial score (nSPS) is 22.4. The van der Waals surface area contributed by atoms with E-state index >= 15 is 0 Å². The SMILES string of the molecule is Cn1cc(CN2CC[C@]3(Cc4ncc(-c5ccc(F)cc5)n4C3)C2)cn1. The van der Waals surface area contributed by atoms with Crippen molar-refractivity contribution in [3.05, 3.63) is 60.1 Å². The molecule has 0 N–H and O–H groups in total. The van der Waals surface area contributed by atoms with E-state index < -0.39 is 0 Å². The fourth-order valence-corrected chi connectivity index (χ4v) is 4.56. The number of aromatic nitrogens is 4. The van der Waals surface area contributed by atoms with Crippen molar-refractivity contribution < 1.29 is 4.39 Å². The first-order chi connectivity index (χ1) is 12.6. The van der Waals surface area contributed by atoms with Crippen molar-refractivity contribution in [2.24, 2.45) is 12.5 Å². The van der Waals surface area contributed by atoms with E-state index in [0.717, 1.165) is 49.7 Å². The predicted octanol–water partition coefficient (Wildman–Crippen LogP) is 2.87. The number of nitrogens with zero attached hydrogens (tertiary/aromatic N) is 5. The van der Waals surface area contributed by atoms with Crippen LogP contribution in [0.15, 0.2) is 42.9 Å². The molecule has 0 unspecified atom stereocenters. The molecule has 2 aliphatic heterocycles. The van der Waals surface area contributed by atoms with Gasteiger partial charge >= 0.3 is 0 Å². The number of halogens is 1. The van der Waals surface area contributed by atoms with Crippen molar-refractivity contribution in [1.29, 1.82) is 0 Å². The minimum atomic E-state index is -0.201. The van der Waals surface area contributed by atoms with Gasteiger partial charge in [0.05, 0.1) is 18.1 Å². The predicted molar refractivity (Wildman–Crippen MR) is 96.9 cm³/mol. The zero-order valence-corrected chi connectivity index (χ0v) is 14.9. The Labute approximate surface area is 152 Å². The number of hydrogen-bond donors (Lipinski definition) is 0. The molecule has 1 saturated heterocycles. The lowest BCUT2D eigenvalue weighted by Gasteiger charge is -2.23. The van der Waals surface area contributed by atoms with Crippen LogP contribution in [0.5, 0.6) is 0 Å². The van der Waals surface area contributed by atoms with E-state index in [9.17, 15) is 4.39 Å². The van der Waals surface area contributed by atoms with Gasteiger partial charge in [-0.1, -0.05) is 0 Å². The molecule has 0 radical (unpaired) electrons. The highest BCUT2D eigenvalue weighted by molar-refractivity contribution is 5.59. The number of fused-ring (bicyclic) bond motifs is 1. The van der Waals surface area contributed by atoms with Gasteiger partial charge in [-0.25, -0.2) is 9.37 Å². The Hall–Kier alpha value is -2.47. The number of aryl methyl sites for hydroxylation is 1. The molecule has 26 heavy (non-hydrogen) atoms. The van der Waals surface area contributed by atoms with E-state index in [-0.39, 0.29) is 11.2 Å². The van der Waals surface area contributed by atoms with Gasteiger partial charge in [0, 0.05) is 50.3 Å². The van der Waals surface area contributed by atoms with E-state index in [2.05, 4.69) is 25.7 Å². The summed E-state index contributed by atoms with van der Waals surface area (Å²) in [5.74, 6) is 0.959. The summed E-state index contributed by atoms with van der Waals surface area (Å²) in [7, 11) is 1.96. The second kappa shape index (κ2) is 5.77. The minimum absolute atomic E-state index is 0.201. The highest BCUT2D eigenvalue weighted by atomic mass is 19.1. The topological polar surface area (TPSA) is 38.9 Å². The van der Waals surface area contributed by atoms with E-state index in [0.29, 0.717) is 0 Å². The zero-order valence-electron chi connectivity index (χ0n) is 14.9. The standard InChI is InChI=1S/C20H22FN5/c1-24-11-15(9-23-24)12-25-7-6-20(13-25)8-19-22-10-18(26(19)14-20)16-2-4-17(21)5-3-16/h2-5,9-11H,6-8,12-14H2,1H3/t20-/m0/s1. The first-order valence-corrected chi connectivity index (χ1v) is 9.11. The van der Waals surface area contributed by atoms with E-state index in [1.165, 1.54) is 24.1 Å². The quantitative estimate of drug-likeness (QED) is 0.728. The van der Waals surface area contributed by atoms with Crippen molar-refractivity contribution in [3.63, 3.8) is 0 Å². The molecule has 1 aromatic carbocycles. The van der Waals surface area contributed by atoms with Crippen LogP contribution in [0.4, 0.5) is 4.39 Å². The molecule has 5 rings (SSSR count). The highest BCUT2D eigenvalue weighted by Crippen LogP contribution is 2.42. The lowest BCUT2D eigenvalue weighted by Crippen LogP contribution is -2.28. The van der Waals surface area contributed by atoms with Gasteiger partial charge in [-0.2, -0.15) is 5.10 Å². The average Bonchev–Trinajstić information content (AvgIpc) is 3.36. The van der Waals surface area contributed by atoms with E-state index in [1.54, 1.807) is 0 Å². The number of likely N-dealkylation sites (tertiary alicyclic amines) is 1. The summed E-state index contributed by atoms with van der Waals surface area (Å²) in [6, 6.07) is 6.72. The summed E-state index contributed by atoms with van der Waals surface area (Å²) in [5.41, 5.74) is 3.68. The molecule has 1 fully saturated rings. The highest BCUT2D eigenvalue weighted by Gasteiger charge is 2.44. The molecule has 3 aromatic rings. The van der Waals surface area contributed by atoms with Crippen LogP contribution in [-0.4, -0.2) is 37.3 Å². The van der Waals surface area contributed by atoms with Crippen LogP contribution >= 0.6 is 0 Å². The Morgan fingerprint density at radius 3 is 2.77 bits per heavy atom. The molecular weight excluding hydrogens is 329 g/mol. The Morgan fingerprint density at radius 2 is 2.00 bits per heavy atom. The molecule has 2 aromatic heterocycles. The number of hydrogen-bond acceptors (Lipinski definition) is 3. The fourth-order valence-electron chi connectivity index (χ4n) is 4.56. The van der Waals surface area contributed by atoms with Crippen LogP contribution < -0.4 is 0 Å². The Morgan fingerprint density at radius 1 is 1.15 bits per heavy atom. The van der Waals surface area contributed by atoms with Gasteiger partial charge in [0.1, 0.15) is 11.6 Å². The van der Waals surface area contributed by atoms with Crippen molar-refractivity contribution in [3.8, 4) is 11.3 Å². The van der Waals surface area contributed by atoms with Crippen molar-refractivity contribution in [2.75, 3.05) is 13.1 Å². The molecular formula is C20H22FN5. The van der Waals surface area contributed by atoms with Crippen LogP contribution in [-0.2, 0) is 26.6 Å². The zero-order chi connectivity index (χ0) is 17.7. The molecule has 134 valence electrons. The summed E-state index contributed by atoms with van der Waals surface area (Å²) in [5, 5.41) is 4.27. The van der Waals surface area contributed by atoms with Crippen LogP contribution in [0.1, 0.15) is 17.8 Å². The molecule has 6 heteroatoms. The maximum atomic E-state index is 13.2. The summed E-state index contributed by atoms with van der Waals surface area (Å²) < 4.78 is 17.4. The Kier molecular flexibility index (Phi) is 3.50. The van der Waals surface area contributed by atoms with Gasteiger partial charge in [0.25, 0.3) is 0 Å². The second-order valence-electron chi connectivity index (χ2n) is 7.81. The van der Waals surface area contributed by atoms with Crippen molar-refractivity contribution >= 4 is 0 Å². The summed E-state index contributed by atoms with van der Waals surface area (Å²) in [6.07, 6.45) is 8.20. The molecule has 1 atom stereocenters. The summed E-state index contributed by atoms with van der Waals surface area (Å²) in [6.45, 7) is 4.17. The lowest BCUT2D eigenvalue weighted by molar-refractivity contribution is 0.247. The molecule has 0 saturated carbocycles. The number of benzene rings is 1. The number of imidazole rings is 1. The minimum Gasteiger partial charge on any atom is -0.327 e. The third-order valence-corrected chi connectivity index (χ3v) is 5.79. The first-order valence-electron chi connectivity index (χ1n) is 9.11. The van der Waals surface area contributed by atoms with E-state index in [1.807, 2.05) is 36.3 Å².